The molecule has 0 saturated carbocycles. The van der Waals surface area contributed by atoms with Gasteiger partial charge in [-0.3, -0.25) is 9.69 Å². The van der Waals surface area contributed by atoms with Gasteiger partial charge in [0.05, 0.1) is 6.04 Å². The van der Waals surface area contributed by atoms with Gasteiger partial charge < -0.3 is 5.32 Å². The van der Waals surface area contributed by atoms with E-state index in [1.165, 1.54) is 25.7 Å². The monoisotopic (exact) mass is 350 g/mol. The number of amides is 1. The standard InChI is InChI=1S/C20H31ClN2O/c1-3-16(4-2)20(24)22-15-19(17-11-7-8-12-18(17)21)23-13-9-5-6-10-14-23/h7-8,11-12,16,19H,3-6,9-10,13-15H2,1-2H3,(H,22,24). The lowest BCUT2D eigenvalue weighted by atomic mass is 10.0. The fraction of sp³-hybridized carbons (Fsp3) is 0.650. The average Bonchev–Trinajstić information content (AvgIpc) is 2.87. The molecule has 1 aliphatic heterocycles. The molecule has 1 N–H and O–H groups in total. The summed E-state index contributed by atoms with van der Waals surface area (Å²) in [5, 5.41) is 3.98. The van der Waals surface area contributed by atoms with Gasteiger partial charge in [-0.15, -0.1) is 0 Å². The molecule has 0 spiro atoms. The fourth-order valence-electron chi connectivity index (χ4n) is 3.59. The molecule has 0 aromatic heterocycles. The van der Waals surface area contributed by atoms with Crippen LogP contribution in [-0.4, -0.2) is 30.4 Å². The third-order valence-electron chi connectivity index (χ3n) is 5.17. The van der Waals surface area contributed by atoms with E-state index >= 15 is 0 Å². The quantitative estimate of drug-likeness (QED) is 0.765. The van der Waals surface area contributed by atoms with Crippen LogP contribution in [0.4, 0.5) is 0 Å². The summed E-state index contributed by atoms with van der Waals surface area (Å²) in [5.74, 6) is 0.285. The number of rotatable bonds is 7. The second kappa shape index (κ2) is 10.0. The van der Waals surface area contributed by atoms with Crippen molar-refractivity contribution in [2.75, 3.05) is 19.6 Å². The van der Waals surface area contributed by atoms with E-state index in [2.05, 4.69) is 30.1 Å². The van der Waals surface area contributed by atoms with Crippen molar-refractivity contribution in [1.82, 2.24) is 10.2 Å². The summed E-state index contributed by atoms with van der Waals surface area (Å²) in [7, 11) is 0. The van der Waals surface area contributed by atoms with Gasteiger partial charge in [0, 0.05) is 17.5 Å². The van der Waals surface area contributed by atoms with Gasteiger partial charge >= 0.3 is 0 Å². The van der Waals surface area contributed by atoms with Crippen LogP contribution in [0.2, 0.25) is 5.02 Å². The number of nitrogens with zero attached hydrogens (tertiary/aromatic N) is 1. The van der Waals surface area contributed by atoms with Gasteiger partial charge in [-0.1, -0.05) is 56.5 Å². The van der Waals surface area contributed by atoms with Crippen molar-refractivity contribution in [3.05, 3.63) is 34.9 Å². The minimum atomic E-state index is 0.112. The molecule has 3 nitrogen and oxygen atoms in total. The van der Waals surface area contributed by atoms with Crippen molar-refractivity contribution in [3.8, 4) is 0 Å². The normalized spacial score (nSPS) is 17.5. The van der Waals surface area contributed by atoms with E-state index in [0.717, 1.165) is 36.5 Å². The molecule has 1 fully saturated rings. The first kappa shape index (κ1) is 19.3. The van der Waals surface area contributed by atoms with E-state index in [-0.39, 0.29) is 17.9 Å². The largest absolute Gasteiger partial charge is 0.354 e. The van der Waals surface area contributed by atoms with Gasteiger partial charge in [-0.25, -0.2) is 0 Å². The first-order valence-corrected chi connectivity index (χ1v) is 9.81. The lowest BCUT2D eigenvalue weighted by molar-refractivity contribution is -0.125. The molecule has 0 bridgehead atoms. The van der Waals surface area contributed by atoms with Crippen LogP contribution in [0.25, 0.3) is 0 Å². The second-order valence-corrected chi connectivity index (χ2v) is 7.15. The van der Waals surface area contributed by atoms with Crippen LogP contribution < -0.4 is 5.32 Å². The maximum absolute atomic E-state index is 12.4. The lowest BCUT2D eigenvalue weighted by Crippen LogP contribution is -2.40. The van der Waals surface area contributed by atoms with Gasteiger partial charge in [0.1, 0.15) is 0 Å². The number of carbonyl (C=O) groups excluding carboxylic acids is 1. The molecular weight excluding hydrogens is 320 g/mol. The molecule has 0 radical (unpaired) electrons. The number of nitrogens with one attached hydrogen (secondary N) is 1. The summed E-state index contributed by atoms with van der Waals surface area (Å²) >= 11 is 6.47. The van der Waals surface area contributed by atoms with Crippen molar-refractivity contribution in [2.24, 2.45) is 5.92 Å². The van der Waals surface area contributed by atoms with Crippen molar-refractivity contribution in [2.45, 2.75) is 58.4 Å². The first-order chi connectivity index (χ1) is 11.7. The van der Waals surface area contributed by atoms with E-state index in [1.807, 2.05) is 18.2 Å². The van der Waals surface area contributed by atoms with Gasteiger partial charge in [0.2, 0.25) is 5.91 Å². The molecule has 1 aliphatic rings. The Morgan fingerprint density at radius 1 is 1.12 bits per heavy atom. The van der Waals surface area contributed by atoms with E-state index < -0.39 is 0 Å². The summed E-state index contributed by atoms with van der Waals surface area (Å²) in [6.45, 7) is 6.95. The van der Waals surface area contributed by atoms with Crippen molar-refractivity contribution < 1.29 is 4.79 Å². The van der Waals surface area contributed by atoms with Crippen molar-refractivity contribution in [1.29, 1.82) is 0 Å². The van der Waals surface area contributed by atoms with Crippen LogP contribution in [0.5, 0.6) is 0 Å². The topological polar surface area (TPSA) is 32.3 Å². The Morgan fingerprint density at radius 2 is 1.75 bits per heavy atom. The van der Waals surface area contributed by atoms with Gasteiger partial charge in [0.15, 0.2) is 0 Å². The highest BCUT2D eigenvalue weighted by atomic mass is 35.5. The van der Waals surface area contributed by atoms with E-state index in [1.54, 1.807) is 0 Å². The molecule has 1 atom stereocenters. The van der Waals surface area contributed by atoms with Gasteiger partial charge in [-0.2, -0.15) is 0 Å². The third kappa shape index (κ3) is 5.22. The van der Waals surface area contributed by atoms with Gasteiger partial charge in [0.25, 0.3) is 0 Å². The number of halogens is 1. The predicted octanol–water partition coefficient (Wildman–Crippen LogP) is 4.81. The average molecular weight is 351 g/mol. The fourth-order valence-corrected chi connectivity index (χ4v) is 3.85. The molecule has 2 rings (SSSR count). The summed E-state index contributed by atoms with van der Waals surface area (Å²) in [6.07, 6.45) is 6.83. The maximum Gasteiger partial charge on any atom is 0.223 e. The molecule has 24 heavy (non-hydrogen) atoms. The molecule has 4 heteroatoms. The van der Waals surface area contributed by atoms with Crippen LogP contribution in [-0.2, 0) is 4.79 Å². The Hall–Kier alpha value is -1.06. The number of benzene rings is 1. The Balaban J connectivity index is 2.13. The number of hydrogen-bond acceptors (Lipinski definition) is 2. The van der Waals surface area contributed by atoms with Crippen LogP contribution in [0.1, 0.15) is 64.0 Å². The molecule has 1 aromatic carbocycles. The highest BCUT2D eigenvalue weighted by Crippen LogP contribution is 2.29. The van der Waals surface area contributed by atoms with Crippen molar-refractivity contribution >= 4 is 17.5 Å². The SMILES string of the molecule is CCC(CC)C(=O)NCC(c1ccccc1Cl)N1CCCCCC1. The molecule has 1 saturated heterocycles. The summed E-state index contributed by atoms with van der Waals surface area (Å²) in [5.41, 5.74) is 1.13. The molecule has 1 aromatic rings. The van der Waals surface area contributed by atoms with E-state index in [9.17, 15) is 4.79 Å². The zero-order valence-corrected chi connectivity index (χ0v) is 15.8. The van der Waals surface area contributed by atoms with Gasteiger partial charge in [-0.05, 0) is 50.4 Å². The number of hydrogen-bond donors (Lipinski definition) is 1. The minimum absolute atomic E-state index is 0.112. The third-order valence-corrected chi connectivity index (χ3v) is 5.52. The van der Waals surface area contributed by atoms with E-state index in [4.69, 9.17) is 11.6 Å². The Kier molecular flexibility index (Phi) is 8.07. The second-order valence-electron chi connectivity index (χ2n) is 6.75. The molecule has 134 valence electrons. The van der Waals surface area contributed by atoms with Crippen LogP contribution in [0, 0.1) is 5.92 Å². The molecule has 1 amide bonds. The number of carbonyl (C=O) groups is 1. The smallest absolute Gasteiger partial charge is 0.223 e. The summed E-state index contributed by atoms with van der Waals surface area (Å²) < 4.78 is 0. The zero-order valence-electron chi connectivity index (χ0n) is 15.1. The van der Waals surface area contributed by atoms with Crippen molar-refractivity contribution in [3.63, 3.8) is 0 Å². The minimum Gasteiger partial charge on any atom is -0.354 e. The number of likely N-dealkylation sites (tertiary alicyclic amines) is 1. The van der Waals surface area contributed by atoms with E-state index in [0.29, 0.717) is 6.54 Å². The Morgan fingerprint density at radius 3 is 2.33 bits per heavy atom. The Bertz CT molecular complexity index is 508. The summed E-state index contributed by atoms with van der Waals surface area (Å²) in [6, 6.07) is 8.21. The molecule has 1 unspecified atom stereocenters. The first-order valence-electron chi connectivity index (χ1n) is 9.43. The zero-order chi connectivity index (χ0) is 17.4. The predicted molar refractivity (Wildman–Crippen MR) is 101 cm³/mol. The van der Waals surface area contributed by atoms with Crippen LogP contribution in [0.3, 0.4) is 0 Å². The lowest BCUT2D eigenvalue weighted by Gasteiger charge is -2.32. The highest BCUT2D eigenvalue weighted by molar-refractivity contribution is 6.31. The molecule has 1 heterocycles. The summed E-state index contributed by atoms with van der Waals surface area (Å²) in [4.78, 5) is 14.9. The Labute approximate surface area is 151 Å². The molecule has 0 aliphatic carbocycles. The maximum atomic E-state index is 12.4. The van der Waals surface area contributed by atoms with Crippen LogP contribution in [0.15, 0.2) is 24.3 Å². The van der Waals surface area contributed by atoms with Crippen LogP contribution >= 0.6 is 11.6 Å². The molecular formula is C20H31ClN2O. The highest BCUT2D eigenvalue weighted by Gasteiger charge is 2.24.